The van der Waals surface area contributed by atoms with E-state index in [-0.39, 0.29) is 70.3 Å². The second-order valence-electron chi connectivity index (χ2n) is 24.1. The summed E-state index contributed by atoms with van der Waals surface area (Å²) in [4.78, 5) is 25.2. The van der Waals surface area contributed by atoms with E-state index in [0.717, 1.165) is 83.5 Å². The molecule has 0 saturated heterocycles. The average molecular weight is 823 g/mol. The zero-order valence-corrected chi connectivity index (χ0v) is 38.5. The maximum absolute atomic E-state index is 13.7. The number of esters is 1. The maximum Gasteiger partial charge on any atom is 0.306 e. The summed E-state index contributed by atoms with van der Waals surface area (Å²) in [6.45, 7) is 19.3. The minimum atomic E-state index is -0.695. The lowest BCUT2D eigenvalue weighted by Crippen LogP contribution is -2.62. The lowest BCUT2D eigenvalue weighted by atomic mass is 9.41. The van der Waals surface area contributed by atoms with E-state index in [1.807, 2.05) is 0 Å². The Balaban J connectivity index is 0.881. The summed E-state index contributed by atoms with van der Waals surface area (Å²) in [5.74, 6) is 5.15. The van der Waals surface area contributed by atoms with Crippen LogP contribution in [-0.2, 0) is 14.3 Å². The molecule has 59 heavy (non-hydrogen) atoms. The van der Waals surface area contributed by atoms with Gasteiger partial charge < -0.3 is 25.2 Å². The molecule has 22 atom stereocenters. The molecular formula is C52H86O7. The van der Waals surface area contributed by atoms with E-state index < -0.39 is 5.97 Å². The van der Waals surface area contributed by atoms with Gasteiger partial charge in [-0.25, -0.2) is 0 Å². The molecule has 0 aliphatic heterocycles. The molecule has 4 N–H and O–H groups in total. The van der Waals surface area contributed by atoms with Crippen LogP contribution < -0.4 is 0 Å². The molecule has 0 heterocycles. The van der Waals surface area contributed by atoms with Gasteiger partial charge in [0.05, 0.1) is 18.3 Å². The number of carboxylic acids is 1. The fourth-order valence-electron chi connectivity index (χ4n) is 19.3. The monoisotopic (exact) mass is 823 g/mol. The van der Waals surface area contributed by atoms with Crippen LogP contribution in [0.3, 0.4) is 0 Å². The Bertz CT molecular complexity index is 1530. The van der Waals surface area contributed by atoms with Crippen molar-refractivity contribution in [3.8, 4) is 0 Å². The molecule has 8 saturated carbocycles. The molecule has 0 aromatic carbocycles. The van der Waals surface area contributed by atoms with Gasteiger partial charge in [0.2, 0.25) is 0 Å². The van der Waals surface area contributed by atoms with E-state index >= 15 is 0 Å². The van der Waals surface area contributed by atoms with E-state index in [1.165, 1.54) is 32.1 Å². The predicted octanol–water partition coefficient (Wildman–Crippen LogP) is 10.7. The number of aliphatic carboxylic acids is 1. The average Bonchev–Trinajstić information content (AvgIpc) is 3.74. The molecule has 0 bridgehead atoms. The summed E-state index contributed by atoms with van der Waals surface area (Å²) in [5, 5.41) is 44.6. The molecule has 336 valence electrons. The summed E-state index contributed by atoms with van der Waals surface area (Å²) >= 11 is 0. The number of carbonyl (C=O) groups excluding carboxylic acids is 1. The van der Waals surface area contributed by atoms with Crippen molar-refractivity contribution in [2.45, 2.75) is 208 Å². The topological polar surface area (TPSA) is 124 Å². The highest BCUT2D eigenvalue weighted by atomic mass is 16.5. The Labute approximate surface area is 358 Å². The fourth-order valence-corrected chi connectivity index (χ4v) is 19.3. The van der Waals surface area contributed by atoms with Crippen molar-refractivity contribution in [2.75, 3.05) is 0 Å². The van der Waals surface area contributed by atoms with Crippen LogP contribution in [0.25, 0.3) is 0 Å². The molecule has 8 aliphatic rings. The molecule has 0 spiro atoms. The first-order valence-corrected chi connectivity index (χ1v) is 25.4. The number of hydrogen-bond donors (Lipinski definition) is 4. The van der Waals surface area contributed by atoms with E-state index in [4.69, 9.17) is 4.74 Å². The fraction of sp³-hybridized carbons (Fsp3) is 0.962. The molecule has 7 nitrogen and oxygen atoms in total. The van der Waals surface area contributed by atoms with Crippen molar-refractivity contribution in [3.63, 3.8) is 0 Å². The minimum Gasteiger partial charge on any atom is -0.481 e. The molecule has 8 fully saturated rings. The predicted molar refractivity (Wildman–Crippen MR) is 232 cm³/mol. The largest absolute Gasteiger partial charge is 0.481 e. The molecule has 0 radical (unpaired) electrons. The van der Waals surface area contributed by atoms with E-state index in [0.29, 0.717) is 77.4 Å². The quantitative estimate of drug-likeness (QED) is 0.153. The number of carboxylic acid groups (broad SMARTS) is 1. The Hall–Kier alpha value is -1.18. The Morgan fingerprint density at radius 2 is 1.02 bits per heavy atom. The van der Waals surface area contributed by atoms with Crippen LogP contribution in [0.1, 0.15) is 184 Å². The number of aliphatic hydroxyl groups excluding tert-OH is 3. The van der Waals surface area contributed by atoms with Crippen LogP contribution in [-0.4, -0.2) is 56.8 Å². The minimum absolute atomic E-state index is 0.0365. The lowest BCUT2D eigenvalue weighted by Gasteiger charge is -2.65. The second-order valence-corrected chi connectivity index (χ2v) is 24.1. The van der Waals surface area contributed by atoms with Crippen molar-refractivity contribution >= 4 is 11.9 Å². The van der Waals surface area contributed by atoms with Crippen molar-refractivity contribution in [2.24, 2.45) is 105 Å². The molecular weight excluding hydrogens is 737 g/mol. The van der Waals surface area contributed by atoms with Gasteiger partial charge in [0, 0.05) is 12.8 Å². The van der Waals surface area contributed by atoms with Gasteiger partial charge in [-0.05, 0) is 207 Å². The summed E-state index contributed by atoms with van der Waals surface area (Å²) in [6.07, 6.45) is 18.5. The molecule has 8 rings (SSSR count). The van der Waals surface area contributed by atoms with Gasteiger partial charge in [-0.2, -0.15) is 0 Å². The van der Waals surface area contributed by atoms with E-state index in [1.54, 1.807) is 0 Å². The van der Waals surface area contributed by atoms with Crippen LogP contribution in [0.15, 0.2) is 0 Å². The summed E-state index contributed by atoms with van der Waals surface area (Å²) in [6, 6.07) is 0. The van der Waals surface area contributed by atoms with Crippen molar-refractivity contribution in [1.29, 1.82) is 0 Å². The Morgan fingerprint density at radius 1 is 0.576 bits per heavy atom. The van der Waals surface area contributed by atoms with Gasteiger partial charge in [-0.1, -0.05) is 68.2 Å². The zero-order chi connectivity index (χ0) is 42.4. The van der Waals surface area contributed by atoms with Gasteiger partial charge in [0.15, 0.2) is 0 Å². The zero-order valence-electron chi connectivity index (χ0n) is 38.5. The highest BCUT2D eigenvalue weighted by Gasteiger charge is 2.67. The number of aliphatic hydroxyl groups is 3. The molecule has 7 heteroatoms. The van der Waals surface area contributed by atoms with Gasteiger partial charge in [-0.3, -0.25) is 9.59 Å². The van der Waals surface area contributed by atoms with E-state index in [9.17, 15) is 30.0 Å². The third-order valence-electron chi connectivity index (χ3n) is 22.2. The number of hydrogen-bond acceptors (Lipinski definition) is 6. The number of carbonyl (C=O) groups is 2. The van der Waals surface area contributed by atoms with Crippen LogP contribution in [0.5, 0.6) is 0 Å². The van der Waals surface area contributed by atoms with Crippen molar-refractivity contribution in [3.05, 3.63) is 0 Å². The molecule has 0 amide bonds. The Kier molecular flexibility index (Phi) is 12.4. The summed E-state index contributed by atoms with van der Waals surface area (Å²) < 4.78 is 6.42. The third kappa shape index (κ3) is 7.12. The summed E-state index contributed by atoms with van der Waals surface area (Å²) in [7, 11) is 0. The van der Waals surface area contributed by atoms with Crippen molar-refractivity contribution < 1.29 is 34.8 Å². The number of ether oxygens (including phenoxy) is 1. The molecule has 8 aliphatic carbocycles. The normalized spacial score (nSPS) is 52.5. The molecule has 0 aromatic heterocycles. The molecule has 0 aromatic rings. The SMILES string of the molecule is CCC1C2C[C@@H](O)CC[C@]2(C)C2CC[C@@]3(C)C(CC[C@@H]3[C@H](C)CCC(=O)O[C@@H]3CC[C@@]4(C)[C@@H](C3)[C@@H](CC)[C@@H](O)[C@@H]3[C@@H]4CC[C@]4(C)[C@@H]([C@H](C)CCC(=O)O)CC[C@@H]34)C2[C@H]1O. The van der Waals surface area contributed by atoms with E-state index in [2.05, 4.69) is 55.4 Å². The smallest absolute Gasteiger partial charge is 0.306 e. The van der Waals surface area contributed by atoms with Gasteiger partial charge in [0.25, 0.3) is 0 Å². The standard InChI is InChI=1S/C52H86O7/c1-9-33-41-27-31(53)19-23-51(41,7)39-21-25-50(6)36(14-16-37(50)45(39)47(33)57)30(4)12-18-44(56)59-32-20-24-52(8)40-22-26-49(5)35(29(3)11-17-43(54)55)13-15-38(49)46(40)48(58)34(10-2)42(52)28-32/h29-42,45-48,53,57-58H,9-28H2,1-8H3,(H,54,55)/t29-,30-,31+,32-,33?,34-,35-,36-,37?,38+,39?,40+,41?,42+,45?,46+,47+,48-,49-,50-,51-,52-/m1/s1. The highest BCUT2D eigenvalue weighted by molar-refractivity contribution is 5.69. The Morgan fingerprint density at radius 3 is 1.51 bits per heavy atom. The van der Waals surface area contributed by atoms with Gasteiger partial charge in [-0.15, -0.1) is 0 Å². The lowest BCUT2D eigenvalue weighted by molar-refractivity contribution is -0.207. The van der Waals surface area contributed by atoms with Crippen molar-refractivity contribution in [1.82, 2.24) is 0 Å². The number of fused-ring (bicyclic) bond motifs is 10. The highest BCUT2D eigenvalue weighted by Crippen LogP contribution is 2.71. The van der Waals surface area contributed by atoms with Crippen LogP contribution in [0.2, 0.25) is 0 Å². The first-order valence-electron chi connectivity index (χ1n) is 25.4. The maximum atomic E-state index is 13.7. The first kappa shape index (κ1) is 44.4. The third-order valence-corrected chi connectivity index (χ3v) is 22.2. The first-order chi connectivity index (χ1) is 27.9. The van der Waals surface area contributed by atoms with Gasteiger partial charge >= 0.3 is 11.9 Å². The van der Waals surface area contributed by atoms with Crippen LogP contribution in [0, 0.1) is 105 Å². The van der Waals surface area contributed by atoms with Crippen LogP contribution >= 0.6 is 0 Å². The van der Waals surface area contributed by atoms with Crippen LogP contribution in [0.4, 0.5) is 0 Å². The number of rotatable bonds is 11. The second kappa shape index (κ2) is 16.4. The van der Waals surface area contributed by atoms with Gasteiger partial charge in [0.1, 0.15) is 6.10 Å². The molecule has 5 unspecified atom stereocenters. The summed E-state index contributed by atoms with van der Waals surface area (Å²) in [5.41, 5.74) is 0.715.